The molecule has 0 N–H and O–H groups in total. The van der Waals surface area contributed by atoms with Crippen molar-refractivity contribution >= 4 is 5.91 Å². The Morgan fingerprint density at radius 3 is 2.39 bits per heavy atom. The van der Waals surface area contributed by atoms with Gasteiger partial charge in [0.15, 0.2) is 3.93 Å². The third kappa shape index (κ3) is 4.34. The first-order valence-electron chi connectivity index (χ1n) is 6.35. The molecule has 0 bridgehead atoms. The maximum absolute atomic E-state index is 11.9. The van der Waals surface area contributed by atoms with E-state index in [1.165, 1.54) is 16.4 Å². The van der Waals surface area contributed by atoms with Crippen LogP contribution in [0.2, 0.25) is 0 Å². The lowest BCUT2D eigenvalue weighted by atomic mass is 10.2. The summed E-state index contributed by atoms with van der Waals surface area (Å²) in [4.78, 5) is 13.8. The fourth-order valence-corrected chi connectivity index (χ4v) is 3.40. The Hall–Kier alpha value is -1.02. The largest absolute Gasteiger partial charge is 0.420 e. The van der Waals surface area contributed by atoms with Gasteiger partial charge < -0.3 is 4.90 Å². The highest BCUT2D eigenvalue weighted by Crippen LogP contribution is 2.09. The van der Waals surface area contributed by atoms with Gasteiger partial charge in [-0.1, -0.05) is 31.0 Å². The molecule has 0 aromatic heterocycles. The van der Waals surface area contributed by atoms with Gasteiger partial charge >= 0.3 is 27.1 Å². The molecule has 0 saturated carbocycles. The van der Waals surface area contributed by atoms with Crippen molar-refractivity contribution in [3.8, 4) is 9.85 Å². The lowest BCUT2D eigenvalue weighted by molar-refractivity contribution is -0.535. The molecule has 0 radical (unpaired) electrons. The summed E-state index contributed by atoms with van der Waals surface area (Å²) in [6.07, 6.45) is 4.74. The van der Waals surface area contributed by atoms with Crippen LogP contribution in [0.15, 0.2) is 30.3 Å². The molecule has 2 nitrogen and oxygen atoms in total. The van der Waals surface area contributed by atoms with E-state index in [9.17, 15) is 4.79 Å². The lowest BCUT2D eigenvalue weighted by Gasteiger charge is -2.15. The predicted molar refractivity (Wildman–Crippen MR) is 68.0 cm³/mol. The van der Waals surface area contributed by atoms with E-state index in [1.54, 1.807) is 0 Å². The van der Waals surface area contributed by atoms with Crippen LogP contribution in [-0.2, 0) is 4.79 Å². The van der Waals surface area contributed by atoms with Crippen molar-refractivity contribution in [2.24, 2.45) is 0 Å². The maximum atomic E-state index is 11.9. The van der Waals surface area contributed by atoms with Gasteiger partial charge in [0.2, 0.25) is 3.57 Å². The molecule has 1 amide bonds. The number of benzene rings is 1. The standard InChI is InChI=1S/C15H17INO/c18-15(17-12-6-1-2-7-13-17)10-11-16-14-8-4-3-5-9-14/h3-5,8-9H,1-2,6-7,12-13H2/q+1. The van der Waals surface area contributed by atoms with Crippen LogP contribution in [0, 0.1) is 13.4 Å². The smallest absolute Gasteiger partial charge is 0.332 e. The van der Waals surface area contributed by atoms with Crippen molar-refractivity contribution in [1.29, 1.82) is 0 Å². The summed E-state index contributed by atoms with van der Waals surface area (Å²) < 4.78 is 4.36. The fourth-order valence-electron chi connectivity index (χ4n) is 1.95. The summed E-state index contributed by atoms with van der Waals surface area (Å²) in [5, 5.41) is 0. The molecular weight excluding hydrogens is 337 g/mol. The first-order valence-corrected chi connectivity index (χ1v) is 8.51. The van der Waals surface area contributed by atoms with Gasteiger partial charge in [0.1, 0.15) is 0 Å². The van der Waals surface area contributed by atoms with Crippen molar-refractivity contribution in [1.82, 2.24) is 4.90 Å². The fraction of sp³-hybridized carbons (Fsp3) is 0.400. The zero-order valence-electron chi connectivity index (χ0n) is 10.4. The van der Waals surface area contributed by atoms with E-state index in [1.807, 2.05) is 23.1 Å². The normalized spacial score (nSPS) is 15.4. The van der Waals surface area contributed by atoms with Crippen molar-refractivity contribution in [2.45, 2.75) is 25.7 Å². The van der Waals surface area contributed by atoms with Gasteiger partial charge in [-0.05, 0) is 25.0 Å². The van der Waals surface area contributed by atoms with Crippen LogP contribution < -0.4 is 21.2 Å². The second-order valence-electron chi connectivity index (χ2n) is 4.32. The van der Waals surface area contributed by atoms with E-state index in [2.05, 4.69) is 22.0 Å². The Labute approximate surface area is 119 Å². The molecular formula is C15H17INO+. The summed E-state index contributed by atoms with van der Waals surface area (Å²) in [6.45, 7) is 1.77. The van der Waals surface area contributed by atoms with E-state index in [0.29, 0.717) is 0 Å². The maximum Gasteiger partial charge on any atom is 0.420 e. The number of likely N-dealkylation sites (tertiary alicyclic amines) is 1. The molecule has 18 heavy (non-hydrogen) atoms. The van der Waals surface area contributed by atoms with Crippen molar-refractivity contribution in [2.75, 3.05) is 13.1 Å². The first-order chi connectivity index (χ1) is 8.86. The van der Waals surface area contributed by atoms with E-state index < -0.39 is 0 Å². The molecule has 1 saturated heterocycles. The summed E-state index contributed by atoms with van der Waals surface area (Å²) in [7, 11) is 0. The van der Waals surface area contributed by atoms with Gasteiger partial charge in [0, 0.05) is 13.1 Å². The minimum Gasteiger partial charge on any atom is -0.332 e. The number of carbonyl (C=O) groups excluding carboxylic acids is 1. The highest BCUT2D eigenvalue weighted by Gasteiger charge is 2.14. The van der Waals surface area contributed by atoms with Gasteiger partial charge in [0.25, 0.3) is 0 Å². The third-order valence-corrected chi connectivity index (χ3v) is 4.82. The third-order valence-electron chi connectivity index (χ3n) is 2.94. The Morgan fingerprint density at radius 2 is 1.72 bits per heavy atom. The average Bonchev–Trinajstić information content (AvgIpc) is 2.69. The van der Waals surface area contributed by atoms with Crippen LogP contribution in [0.4, 0.5) is 0 Å². The predicted octanol–water partition coefficient (Wildman–Crippen LogP) is -0.691. The molecule has 1 fully saturated rings. The summed E-state index contributed by atoms with van der Waals surface area (Å²) in [6, 6.07) is 10.2. The molecule has 1 aliphatic heterocycles. The summed E-state index contributed by atoms with van der Waals surface area (Å²) in [5.41, 5.74) is 0. The molecule has 1 aromatic carbocycles. The van der Waals surface area contributed by atoms with Gasteiger partial charge in [-0.15, -0.1) is 0 Å². The molecule has 1 aliphatic rings. The minimum atomic E-state index is -0.345. The molecule has 1 heterocycles. The Bertz CT molecular complexity index is 439. The molecule has 94 valence electrons. The molecule has 0 spiro atoms. The van der Waals surface area contributed by atoms with Crippen LogP contribution >= 0.6 is 0 Å². The zero-order valence-corrected chi connectivity index (χ0v) is 12.5. The summed E-state index contributed by atoms with van der Waals surface area (Å²) in [5.74, 6) is 2.84. The lowest BCUT2D eigenvalue weighted by Crippen LogP contribution is -3.59. The topological polar surface area (TPSA) is 20.3 Å². The molecule has 0 unspecified atom stereocenters. The molecule has 0 atom stereocenters. The van der Waals surface area contributed by atoms with Gasteiger partial charge in [0.05, 0.1) is 5.92 Å². The van der Waals surface area contributed by atoms with Crippen molar-refractivity contribution in [3.05, 3.63) is 33.9 Å². The van der Waals surface area contributed by atoms with Crippen LogP contribution in [0.5, 0.6) is 0 Å². The van der Waals surface area contributed by atoms with Crippen LogP contribution in [0.25, 0.3) is 0 Å². The van der Waals surface area contributed by atoms with Crippen LogP contribution in [0.1, 0.15) is 25.7 Å². The van der Waals surface area contributed by atoms with Gasteiger partial charge in [-0.25, -0.2) is 0 Å². The second-order valence-corrected chi connectivity index (χ2v) is 6.64. The van der Waals surface area contributed by atoms with Crippen LogP contribution in [0.3, 0.4) is 0 Å². The van der Waals surface area contributed by atoms with Gasteiger partial charge in [-0.2, -0.15) is 0 Å². The number of hydrogen-bond donors (Lipinski definition) is 0. The highest BCUT2D eigenvalue weighted by atomic mass is 127. The number of carbonyl (C=O) groups is 1. The van der Waals surface area contributed by atoms with E-state index in [0.717, 1.165) is 25.9 Å². The number of halogens is 1. The first kappa shape index (κ1) is 13.4. The zero-order chi connectivity index (χ0) is 12.6. The van der Waals surface area contributed by atoms with E-state index in [4.69, 9.17) is 0 Å². The number of amides is 1. The Balaban J connectivity index is 1.87. The van der Waals surface area contributed by atoms with E-state index >= 15 is 0 Å². The Morgan fingerprint density at radius 1 is 1.06 bits per heavy atom. The van der Waals surface area contributed by atoms with Crippen LogP contribution in [-0.4, -0.2) is 23.9 Å². The number of rotatable bonds is 1. The average molecular weight is 354 g/mol. The molecule has 2 rings (SSSR count). The SMILES string of the molecule is O=C(C#C[I+]c1ccccc1)N1CCCCCC1. The molecule has 0 aliphatic carbocycles. The van der Waals surface area contributed by atoms with Crippen molar-refractivity contribution in [3.63, 3.8) is 0 Å². The minimum absolute atomic E-state index is 0.0209. The number of nitrogens with zero attached hydrogens (tertiary/aromatic N) is 1. The Kier molecular flexibility index (Phi) is 5.53. The second kappa shape index (κ2) is 7.42. The number of hydrogen-bond acceptors (Lipinski definition) is 1. The van der Waals surface area contributed by atoms with Gasteiger partial charge in [-0.3, -0.25) is 4.79 Å². The monoisotopic (exact) mass is 354 g/mol. The highest BCUT2D eigenvalue weighted by molar-refractivity contribution is 5.93. The van der Waals surface area contributed by atoms with Crippen molar-refractivity contribution < 1.29 is 26.0 Å². The van der Waals surface area contributed by atoms with E-state index in [-0.39, 0.29) is 27.1 Å². The quantitative estimate of drug-likeness (QED) is 0.483. The summed E-state index contributed by atoms with van der Waals surface area (Å²) >= 11 is -0.345. The molecule has 3 heteroatoms. The molecule has 1 aromatic rings.